The summed E-state index contributed by atoms with van der Waals surface area (Å²) in [7, 11) is 0. The third-order valence-electron chi connectivity index (χ3n) is 16.4. The van der Waals surface area contributed by atoms with E-state index in [-0.39, 0.29) is 56.2 Å². The quantitative estimate of drug-likeness (QED) is 0.0265. The van der Waals surface area contributed by atoms with E-state index in [4.69, 9.17) is 61.8 Å². The van der Waals surface area contributed by atoms with Crippen molar-refractivity contribution in [2.75, 3.05) is 13.2 Å². The van der Waals surface area contributed by atoms with E-state index in [1.807, 2.05) is 0 Å². The van der Waals surface area contributed by atoms with E-state index in [9.17, 15) is 47.1 Å². The number of hydrogen-bond donors (Lipinski definition) is 2. The monoisotopic (exact) mass is 1490 g/mol. The Hall–Kier alpha value is -11.9. The van der Waals surface area contributed by atoms with Crippen LogP contribution in [-0.2, 0) is 85.7 Å². The minimum absolute atomic E-state index is 0.00296. The van der Waals surface area contributed by atoms with Gasteiger partial charge in [0.1, 0.15) is 36.9 Å². The normalized spacial score (nSPS) is 20.2. The van der Waals surface area contributed by atoms with Crippen molar-refractivity contribution in [1.29, 1.82) is 0 Å². The second-order valence-electron chi connectivity index (χ2n) is 23.8. The van der Waals surface area contributed by atoms with Crippen molar-refractivity contribution in [3.05, 3.63) is 154 Å². The van der Waals surface area contributed by atoms with E-state index in [0.29, 0.717) is 0 Å². The summed E-state index contributed by atoms with van der Waals surface area (Å²) in [5.41, 5.74) is -7.09. The first kappa shape index (κ1) is 75.2. The summed E-state index contributed by atoms with van der Waals surface area (Å²) >= 11 is 0. The molecule has 7 aromatic rings. The number of aromatic nitrogens is 4. The minimum atomic E-state index is -2.57. The zero-order chi connectivity index (χ0) is 76.6. The number of hydrogen-bond acceptors (Lipinski definition) is 22. The molecule has 2 saturated heterocycles. The van der Waals surface area contributed by atoms with Crippen LogP contribution in [0.4, 0.5) is 43.9 Å². The summed E-state index contributed by atoms with van der Waals surface area (Å²) in [6.07, 6.45) is -11.5. The number of H-pyrrole nitrogens is 2. The highest BCUT2D eigenvalue weighted by Crippen LogP contribution is 2.44. The molecular formula is C72H56F10N4O20. The van der Waals surface area contributed by atoms with Gasteiger partial charge in [-0.05, 0) is 84.0 Å². The Morgan fingerprint density at radius 1 is 0.321 bits per heavy atom. The van der Waals surface area contributed by atoms with Crippen LogP contribution in [0.15, 0.2) is 72.8 Å². The standard InChI is InChI=1S/C72H56F10N4O20/c1-27(87)95-25-47-65(97-29(3)89)67(99-31(5)91)69(101-33(7)93)71(105-47)103-37-13-9-35(10-14-37)49-39-17-18-40(83-39)50(36-11-15-38(16-12-36)104-72-70(102-34(8)94)68(100-32(6)92)66(98-30(4)90)48(106-72)26-96-28(2)88)42-20-22-44(85-42)52(54-57(75)61(79)64(82)62(80)58(54)76)46-24-23-45(86-46)51(43-21-19-41(49)84-43)53-55(73)59(77)63(81)60(78)56(53)74/h9-24,47-48,65-72,84-85H,25-26H2,1-8H3/t47-,48-,65-,66-,67+,68+,69-,70-,71-,72-/m1/s1. The zero-order valence-electron chi connectivity index (χ0n) is 56.3. The molecule has 11 rings (SSSR count). The van der Waals surface area contributed by atoms with Gasteiger partial charge in [0.25, 0.3) is 0 Å². The summed E-state index contributed by atoms with van der Waals surface area (Å²) in [5.74, 6) is -31.9. The molecule has 2 N–H and O–H groups in total. The van der Waals surface area contributed by atoms with Crippen LogP contribution in [0.2, 0.25) is 0 Å². The Kier molecular flexibility index (Phi) is 21.8. The molecule has 2 fully saturated rings. The van der Waals surface area contributed by atoms with Crippen molar-refractivity contribution in [1.82, 2.24) is 19.9 Å². The van der Waals surface area contributed by atoms with Crippen molar-refractivity contribution in [3.8, 4) is 56.0 Å². The number of benzene rings is 4. The van der Waals surface area contributed by atoms with Crippen LogP contribution >= 0.6 is 0 Å². The smallest absolute Gasteiger partial charge is 0.303 e. The fraction of sp³-hybridized carbons (Fsp3) is 0.278. The van der Waals surface area contributed by atoms with E-state index in [1.165, 1.54) is 72.8 Å². The van der Waals surface area contributed by atoms with E-state index in [2.05, 4.69) is 15.0 Å². The molecule has 8 bridgehead atoms. The lowest BCUT2D eigenvalue weighted by atomic mass is 9.98. The topological polar surface area (TPSA) is 305 Å². The van der Waals surface area contributed by atoms with Gasteiger partial charge in [0.2, 0.25) is 36.4 Å². The van der Waals surface area contributed by atoms with Gasteiger partial charge in [-0.1, -0.05) is 24.3 Å². The van der Waals surface area contributed by atoms with Crippen molar-refractivity contribution in [2.45, 2.75) is 117 Å². The molecule has 0 amide bonds. The van der Waals surface area contributed by atoms with Crippen molar-refractivity contribution >= 4 is 94.1 Å². The summed E-state index contributed by atoms with van der Waals surface area (Å²) in [6, 6.07) is 15.9. The first-order valence-electron chi connectivity index (χ1n) is 31.6. The van der Waals surface area contributed by atoms with Crippen molar-refractivity contribution < 1.29 is 139 Å². The molecule has 7 heterocycles. The first-order valence-corrected chi connectivity index (χ1v) is 31.6. The van der Waals surface area contributed by atoms with Gasteiger partial charge in [0.15, 0.2) is 71.0 Å². The van der Waals surface area contributed by atoms with Crippen LogP contribution in [0, 0.1) is 58.2 Å². The van der Waals surface area contributed by atoms with Gasteiger partial charge < -0.3 is 66.8 Å². The maximum absolute atomic E-state index is 16.5. The van der Waals surface area contributed by atoms with Gasteiger partial charge in [0, 0.05) is 99.7 Å². The third-order valence-corrected chi connectivity index (χ3v) is 16.4. The molecule has 24 nitrogen and oxygen atoms in total. The molecule has 0 spiro atoms. The summed E-state index contributed by atoms with van der Waals surface area (Å²) in [4.78, 5) is 115. The molecule has 4 aliphatic rings. The molecule has 0 unspecified atom stereocenters. The molecule has 34 heteroatoms. The number of rotatable bonds is 18. The third kappa shape index (κ3) is 15.5. The molecule has 0 saturated carbocycles. The van der Waals surface area contributed by atoms with E-state index < -0.39 is 225 Å². The summed E-state index contributed by atoms with van der Waals surface area (Å²) in [5, 5.41) is 0. The van der Waals surface area contributed by atoms with E-state index in [0.717, 1.165) is 79.7 Å². The lowest BCUT2D eigenvalue weighted by Crippen LogP contribution is -2.63. The Morgan fingerprint density at radius 2 is 0.575 bits per heavy atom. The lowest BCUT2D eigenvalue weighted by Gasteiger charge is -2.43. The van der Waals surface area contributed by atoms with Gasteiger partial charge in [-0.25, -0.2) is 53.9 Å². The highest BCUT2D eigenvalue weighted by atomic mass is 19.2. The largest absolute Gasteiger partial charge is 0.463 e. The number of fused-ring (bicyclic) bond motifs is 8. The molecule has 0 radical (unpaired) electrons. The maximum atomic E-state index is 16.5. The molecule has 0 aliphatic carbocycles. The van der Waals surface area contributed by atoms with Crippen LogP contribution in [0.5, 0.6) is 11.5 Å². The van der Waals surface area contributed by atoms with Crippen LogP contribution in [0.25, 0.3) is 90.9 Å². The summed E-state index contributed by atoms with van der Waals surface area (Å²) in [6.45, 7) is 6.97. The molecular weight excluding hydrogens is 1430 g/mol. The highest BCUT2D eigenvalue weighted by molar-refractivity contribution is 6.00. The molecule has 106 heavy (non-hydrogen) atoms. The average Bonchev–Trinajstić information content (AvgIpc) is 1.43. The highest BCUT2D eigenvalue weighted by Gasteiger charge is 2.55. The molecule has 554 valence electrons. The fourth-order valence-electron chi connectivity index (χ4n) is 12.2. The van der Waals surface area contributed by atoms with Crippen LogP contribution in [-0.4, -0.2) is 142 Å². The van der Waals surface area contributed by atoms with Gasteiger partial charge in [-0.3, -0.25) is 38.4 Å². The van der Waals surface area contributed by atoms with Crippen LogP contribution in [0.3, 0.4) is 0 Å². The SMILES string of the molecule is CC(=O)OC[C@H]1O[C@@H](Oc2ccc(-c3c4nc(c(-c5ccc(O[C@@H]6O[C@H](COC(C)=O)[C@@H](OC(C)=O)[C@H](OC(C)=O)[C@H]6OC(C)=O)cc5)c5ccc([nH]5)c(-c5c(F)c(F)c(F)c(F)c5F)c5nc(c(-c6c(F)c(F)c(F)c(F)c6F)c6ccc3[nH]6)C=C5)C=C4)cc2)[C@H](OC(C)=O)[C@@H](OC(C)=O)[C@@H]1OC(C)=O. The zero-order valence-corrected chi connectivity index (χ0v) is 56.3. The number of halogens is 10. The Bertz CT molecular complexity index is 4650. The Labute approximate surface area is 591 Å². The van der Waals surface area contributed by atoms with Crippen molar-refractivity contribution in [2.24, 2.45) is 0 Å². The number of esters is 8. The van der Waals surface area contributed by atoms with Gasteiger partial charge in [0.05, 0.1) is 33.9 Å². The average molecular weight is 1490 g/mol. The van der Waals surface area contributed by atoms with Crippen molar-refractivity contribution in [3.63, 3.8) is 0 Å². The lowest BCUT2D eigenvalue weighted by molar-refractivity contribution is -0.288. The van der Waals surface area contributed by atoms with Gasteiger partial charge in [-0.2, -0.15) is 0 Å². The number of ether oxygens (including phenoxy) is 12. The number of carbonyl (C=O) groups excluding carboxylic acids is 8. The Morgan fingerprint density at radius 3 is 0.858 bits per heavy atom. The molecule has 4 aromatic carbocycles. The molecule has 10 atom stereocenters. The number of aromatic amines is 2. The first-order chi connectivity index (χ1) is 50.3. The number of nitrogens with one attached hydrogen (secondary N) is 2. The number of nitrogens with zero attached hydrogens (tertiary/aromatic N) is 2. The van der Waals surface area contributed by atoms with Gasteiger partial charge in [-0.15, -0.1) is 0 Å². The van der Waals surface area contributed by atoms with Crippen LogP contribution < -0.4 is 9.47 Å². The van der Waals surface area contributed by atoms with E-state index in [1.54, 1.807) is 0 Å². The summed E-state index contributed by atoms with van der Waals surface area (Å²) < 4.78 is 226. The predicted molar refractivity (Wildman–Crippen MR) is 345 cm³/mol. The van der Waals surface area contributed by atoms with E-state index >= 15 is 35.1 Å². The fourth-order valence-corrected chi connectivity index (χ4v) is 12.2. The molecule has 3 aromatic heterocycles. The maximum Gasteiger partial charge on any atom is 0.303 e. The Balaban J connectivity index is 1.14. The number of carbonyl (C=O) groups is 8. The van der Waals surface area contributed by atoms with Gasteiger partial charge >= 0.3 is 47.8 Å². The second-order valence-corrected chi connectivity index (χ2v) is 23.8. The minimum Gasteiger partial charge on any atom is -0.463 e. The second kappa shape index (κ2) is 30.8. The predicted octanol–water partition coefficient (Wildman–Crippen LogP) is 11.6. The van der Waals surface area contributed by atoms with Crippen LogP contribution in [0.1, 0.15) is 78.2 Å². The molecule has 4 aliphatic heterocycles.